The van der Waals surface area contributed by atoms with Crippen LogP contribution < -0.4 is 5.32 Å². The molecule has 1 fully saturated rings. The summed E-state index contributed by atoms with van der Waals surface area (Å²) in [6, 6.07) is 2.65. The molecule has 1 atom stereocenters. The molecular formula is C14H18Cl5F3N2. The van der Waals surface area contributed by atoms with Crippen molar-refractivity contribution in [3.05, 3.63) is 32.8 Å². The molecule has 1 saturated heterocycles. The van der Waals surface area contributed by atoms with Crippen LogP contribution >= 0.6 is 59.6 Å². The van der Waals surface area contributed by atoms with Crippen molar-refractivity contribution in [1.82, 2.24) is 10.2 Å². The zero-order valence-corrected chi connectivity index (χ0v) is 16.4. The molecule has 2 rings (SSSR count). The number of hydrogen-bond acceptors (Lipinski definition) is 2. The van der Waals surface area contributed by atoms with Gasteiger partial charge in [-0.1, -0.05) is 34.8 Å². The molecule has 10 heteroatoms. The number of halogens is 8. The summed E-state index contributed by atoms with van der Waals surface area (Å²) < 4.78 is 37.9. The van der Waals surface area contributed by atoms with E-state index in [0.29, 0.717) is 23.7 Å². The molecule has 0 bridgehead atoms. The van der Waals surface area contributed by atoms with Crippen molar-refractivity contribution in [1.29, 1.82) is 0 Å². The van der Waals surface area contributed by atoms with E-state index in [4.69, 9.17) is 34.8 Å². The smallest absolute Gasteiger partial charge is 0.314 e. The van der Waals surface area contributed by atoms with Gasteiger partial charge in [0.05, 0.1) is 10.0 Å². The molecule has 1 aromatic carbocycles. The number of hydrogen-bond donors (Lipinski definition) is 1. The molecule has 140 valence electrons. The molecule has 1 N–H and O–H groups in total. The highest BCUT2D eigenvalue weighted by atomic mass is 35.5. The Morgan fingerprint density at radius 3 is 2.21 bits per heavy atom. The van der Waals surface area contributed by atoms with Gasteiger partial charge < -0.3 is 5.32 Å². The van der Waals surface area contributed by atoms with E-state index in [-0.39, 0.29) is 41.3 Å². The summed E-state index contributed by atoms with van der Waals surface area (Å²) in [5.41, 5.74) is 0.560. The summed E-state index contributed by atoms with van der Waals surface area (Å²) in [5, 5.41) is 4.09. The molecule has 1 aliphatic rings. The first-order chi connectivity index (χ1) is 10.3. The van der Waals surface area contributed by atoms with Gasteiger partial charge in [-0.3, -0.25) is 4.90 Å². The third-order valence-electron chi connectivity index (χ3n) is 3.67. The van der Waals surface area contributed by atoms with Gasteiger partial charge in [0.25, 0.3) is 0 Å². The fourth-order valence-corrected chi connectivity index (χ4v) is 3.39. The molecule has 2 nitrogen and oxygen atoms in total. The van der Waals surface area contributed by atoms with Crippen LogP contribution in [-0.2, 0) is 0 Å². The van der Waals surface area contributed by atoms with Gasteiger partial charge in [-0.05, 0) is 24.1 Å². The maximum atomic E-state index is 12.6. The zero-order chi connectivity index (χ0) is 16.3. The van der Waals surface area contributed by atoms with Gasteiger partial charge in [0.15, 0.2) is 0 Å². The van der Waals surface area contributed by atoms with Crippen molar-refractivity contribution < 1.29 is 13.2 Å². The number of nitrogens with one attached hydrogen (secondary N) is 1. The second-order valence-corrected chi connectivity index (χ2v) is 6.47. The number of benzene rings is 1. The fourth-order valence-electron chi connectivity index (χ4n) is 2.65. The van der Waals surface area contributed by atoms with E-state index in [0.717, 1.165) is 13.1 Å². The Labute approximate surface area is 166 Å². The van der Waals surface area contributed by atoms with E-state index in [1.54, 1.807) is 6.07 Å². The average molecular weight is 449 g/mol. The molecular weight excluding hydrogens is 430 g/mol. The lowest BCUT2D eigenvalue weighted by molar-refractivity contribution is -0.138. The van der Waals surface area contributed by atoms with Crippen LogP contribution in [0.5, 0.6) is 0 Å². The van der Waals surface area contributed by atoms with Crippen LogP contribution in [0, 0.1) is 0 Å². The van der Waals surface area contributed by atoms with Crippen molar-refractivity contribution in [3.8, 4) is 0 Å². The predicted molar refractivity (Wildman–Crippen MR) is 98.4 cm³/mol. The lowest BCUT2D eigenvalue weighted by atomic mass is 9.99. The summed E-state index contributed by atoms with van der Waals surface area (Å²) >= 11 is 18.2. The van der Waals surface area contributed by atoms with Gasteiger partial charge in [0, 0.05) is 43.7 Å². The Morgan fingerprint density at radius 1 is 1.08 bits per heavy atom. The Balaban J connectivity index is 0.00000264. The zero-order valence-electron chi connectivity index (χ0n) is 12.5. The summed E-state index contributed by atoms with van der Waals surface area (Å²) in [4.78, 5) is 2.00. The van der Waals surface area contributed by atoms with Gasteiger partial charge in [-0.15, -0.1) is 24.8 Å². The minimum absolute atomic E-state index is 0. The van der Waals surface area contributed by atoms with Gasteiger partial charge in [0.2, 0.25) is 0 Å². The Kier molecular flexibility index (Phi) is 10.7. The second-order valence-electron chi connectivity index (χ2n) is 5.25. The Bertz CT molecular complexity index is 522. The average Bonchev–Trinajstić information content (AvgIpc) is 2.44. The second kappa shape index (κ2) is 10.5. The van der Waals surface area contributed by atoms with Crippen molar-refractivity contribution in [2.24, 2.45) is 0 Å². The molecule has 0 saturated carbocycles. The number of nitrogens with zero attached hydrogens (tertiary/aromatic N) is 1. The third kappa shape index (κ3) is 6.94. The Morgan fingerprint density at radius 2 is 1.67 bits per heavy atom. The van der Waals surface area contributed by atoms with Crippen molar-refractivity contribution >= 4 is 59.6 Å². The van der Waals surface area contributed by atoms with Crippen LogP contribution in [0.3, 0.4) is 0 Å². The summed E-state index contributed by atoms with van der Waals surface area (Å²) in [5.74, 6) is 0. The van der Waals surface area contributed by atoms with Crippen molar-refractivity contribution in [3.63, 3.8) is 0 Å². The first kappa shape index (κ1) is 24.4. The topological polar surface area (TPSA) is 15.3 Å². The summed E-state index contributed by atoms with van der Waals surface area (Å²) in [6.45, 7) is 2.77. The molecule has 24 heavy (non-hydrogen) atoms. The lowest BCUT2D eigenvalue weighted by Gasteiger charge is -2.36. The molecule has 0 radical (unpaired) electrons. The molecule has 1 aromatic rings. The molecule has 1 aliphatic heterocycles. The fraction of sp³-hybridized carbons (Fsp3) is 0.571. The van der Waals surface area contributed by atoms with Crippen LogP contribution in [0.15, 0.2) is 12.1 Å². The normalized spacial score (nSPS) is 16.9. The van der Waals surface area contributed by atoms with Gasteiger partial charge in [0.1, 0.15) is 0 Å². The third-order valence-corrected chi connectivity index (χ3v) is 4.71. The minimum atomic E-state index is -4.21. The van der Waals surface area contributed by atoms with E-state index in [9.17, 15) is 13.2 Å². The van der Waals surface area contributed by atoms with Gasteiger partial charge in [-0.25, -0.2) is 0 Å². The maximum absolute atomic E-state index is 12.6. The highest BCUT2D eigenvalue weighted by molar-refractivity contribution is 6.43. The number of rotatable bonds is 4. The van der Waals surface area contributed by atoms with Gasteiger partial charge in [-0.2, -0.15) is 13.2 Å². The molecule has 1 heterocycles. The molecule has 0 spiro atoms. The quantitative estimate of drug-likeness (QED) is 0.588. The van der Waals surface area contributed by atoms with Crippen molar-refractivity contribution in [2.45, 2.75) is 25.1 Å². The van der Waals surface area contributed by atoms with E-state index in [1.165, 1.54) is 6.07 Å². The molecule has 0 unspecified atom stereocenters. The van der Waals surface area contributed by atoms with Crippen LogP contribution in [0.25, 0.3) is 0 Å². The number of piperazine rings is 1. The minimum Gasteiger partial charge on any atom is -0.314 e. The van der Waals surface area contributed by atoms with E-state index >= 15 is 0 Å². The van der Waals surface area contributed by atoms with E-state index < -0.39 is 18.6 Å². The highest BCUT2D eigenvalue weighted by Gasteiger charge is 2.32. The lowest BCUT2D eigenvalue weighted by Crippen LogP contribution is -2.45. The van der Waals surface area contributed by atoms with Crippen LogP contribution in [0.2, 0.25) is 15.1 Å². The molecule has 0 amide bonds. The molecule has 0 aromatic heterocycles. The first-order valence-electron chi connectivity index (χ1n) is 6.94. The SMILES string of the molecule is Cl.Cl.FC(F)(F)CC[C@@H](c1cc(Cl)cc(Cl)c1Cl)N1CCNCC1. The summed E-state index contributed by atoms with van der Waals surface area (Å²) in [6.07, 6.45) is -5.15. The standard InChI is InChI=1S/C14H16Cl3F3N2.2ClH/c15-9-7-10(13(17)11(16)8-9)12(1-2-14(18,19)20)22-5-3-21-4-6-22;;/h7-8,12,21H,1-6H2;2*1H/t12-;;/m0../s1. The summed E-state index contributed by atoms with van der Waals surface area (Å²) in [7, 11) is 0. The van der Waals surface area contributed by atoms with E-state index in [2.05, 4.69) is 5.32 Å². The van der Waals surface area contributed by atoms with Gasteiger partial charge >= 0.3 is 6.18 Å². The predicted octanol–water partition coefficient (Wildman–Crippen LogP) is 5.78. The van der Waals surface area contributed by atoms with Crippen LogP contribution in [0.1, 0.15) is 24.4 Å². The van der Waals surface area contributed by atoms with Crippen molar-refractivity contribution in [2.75, 3.05) is 26.2 Å². The maximum Gasteiger partial charge on any atom is 0.389 e. The highest BCUT2D eigenvalue weighted by Crippen LogP contribution is 2.39. The van der Waals surface area contributed by atoms with Crippen LogP contribution in [-0.4, -0.2) is 37.3 Å². The van der Waals surface area contributed by atoms with Crippen LogP contribution in [0.4, 0.5) is 13.2 Å². The number of alkyl halides is 3. The Hall–Kier alpha value is 0.380. The monoisotopic (exact) mass is 446 g/mol. The van der Waals surface area contributed by atoms with E-state index in [1.807, 2.05) is 4.90 Å². The molecule has 0 aliphatic carbocycles. The first-order valence-corrected chi connectivity index (χ1v) is 8.07. The largest absolute Gasteiger partial charge is 0.389 e.